The molecule has 3 aromatic carbocycles. The van der Waals surface area contributed by atoms with Gasteiger partial charge in [-0.25, -0.2) is 0 Å². The highest BCUT2D eigenvalue weighted by atomic mass is 35.5. The van der Waals surface area contributed by atoms with Crippen LogP contribution >= 0.6 is 11.6 Å². The Kier molecular flexibility index (Phi) is 5.48. The van der Waals surface area contributed by atoms with Gasteiger partial charge in [-0.05, 0) is 41.2 Å². The van der Waals surface area contributed by atoms with Crippen molar-refractivity contribution < 1.29 is 0 Å². The first-order valence-electron chi connectivity index (χ1n) is 9.67. The van der Waals surface area contributed by atoms with Gasteiger partial charge in [-0.3, -0.25) is 4.90 Å². The third kappa shape index (κ3) is 4.12. The Balaban J connectivity index is 1.52. The van der Waals surface area contributed by atoms with E-state index in [1.165, 1.54) is 11.1 Å². The zero-order valence-corrected chi connectivity index (χ0v) is 16.5. The van der Waals surface area contributed by atoms with Crippen LogP contribution in [0.4, 0.5) is 0 Å². The Hall–Kier alpha value is -2.60. The lowest BCUT2D eigenvalue weighted by atomic mass is 9.94. The quantitative estimate of drug-likeness (QED) is 0.511. The number of hydrogen-bond acceptors (Lipinski definition) is 2. The summed E-state index contributed by atoms with van der Waals surface area (Å²) in [4.78, 5) is 2.45. The van der Waals surface area contributed by atoms with Crippen molar-refractivity contribution in [3.05, 3.63) is 107 Å². The maximum atomic E-state index is 9.92. The Labute approximate surface area is 172 Å². The first-order chi connectivity index (χ1) is 13.7. The topological polar surface area (TPSA) is 27.0 Å². The highest BCUT2D eigenvalue weighted by Gasteiger charge is 2.56. The summed E-state index contributed by atoms with van der Waals surface area (Å²) < 4.78 is 0. The third-order valence-corrected chi connectivity index (χ3v) is 5.89. The van der Waals surface area contributed by atoms with E-state index in [1.54, 1.807) is 0 Å². The molecule has 2 atom stereocenters. The molecule has 28 heavy (non-hydrogen) atoms. The van der Waals surface area contributed by atoms with Crippen molar-refractivity contribution in [1.82, 2.24) is 4.90 Å². The molecule has 0 N–H and O–H groups in total. The van der Waals surface area contributed by atoms with Crippen molar-refractivity contribution >= 4 is 11.6 Å². The van der Waals surface area contributed by atoms with Gasteiger partial charge in [0.1, 0.15) is 0 Å². The molecule has 0 amide bonds. The van der Waals surface area contributed by atoms with E-state index in [0.717, 1.165) is 36.6 Å². The molecular formula is C25H23ClN2. The average Bonchev–Trinajstić information content (AvgIpc) is 3.45. The highest BCUT2D eigenvalue weighted by Crippen LogP contribution is 2.54. The van der Waals surface area contributed by atoms with Gasteiger partial charge in [-0.15, -0.1) is 0 Å². The number of nitrogens with zero attached hydrogens (tertiary/aromatic N) is 2. The lowest BCUT2D eigenvalue weighted by molar-refractivity contribution is 0.241. The van der Waals surface area contributed by atoms with Gasteiger partial charge < -0.3 is 0 Å². The molecule has 1 aliphatic carbocycles. The minimum atomic E-state index is -0.337. The van der Waals surface area contributed by atoms with Gasteiger partial charge in [0.05, 0.1) is 11.5 Å². The molecule has 0 heterocycles. The molecule has 1 saturated carbocycles. The standard InChI is InChI=1S/C25H23ClN2/c26-24-13-11-21(12-14-24)17-28(16-20-7-3-1-4-8-20)18-23-15-25(23,19-27)22-9-5-2-6-10-22/h1-14,23H,15-18H2. The van der Waals surface area contributed by atoms with Crippen LogP contribution in [0.15, 0.2) is 84.9 Å². The van der Waals surface area contributed by atoms with Crippen LogP contribution in [0.2, 0.25) is 5.02 Å². The van der Waals surface area contributed by atoms with Gasteiger partial charge in [0, 0.05) is 24.7 Å². The van der Waals surface area contributed by atoms with E-state index in [2.05, 4.69) is 59.5 Å². The molecule has 0 aliphatic heterocycles. The van der Waals surface area contributed by atoms with Crippen LogP contribution < -0.4 is 0 Å². The van der Waals surface area contributed by atoms with E-state index in [9.17, 15) is 5.26 Å². The molecule has 1 fully saturated rings. The molecule has 0 bridgehead atoms. The van der Waals surface area contributed by atoms with Gasteiger partial charge in [0.25, 0.3) is 0 Å². The van der Waals surface area contributed by atoms with Crippen LogP contribution in [-0.4, -0.2) is 11.4 Å². The zero-order valence-electron chi connectivity index (χ0n) is 15.8. The number of halogens is 1. The van der Waals surface area contributed by atoms with Crippen LogP contribution in [0.1, 0.15) is 23.1 Å². The summed E-state index contributed by atoms with van der Waals surface area (Å²) in [6.45, 7) is 2.62. The summed E-state index contributed by atoms with van der Waals surface area (Å²) in [7, 11) is 0. The molecule has 3 aromatic rings. The first-order valence-corrected chi connectivity index (χ1v) is 10.0. The monoisotopic (exact) mass is 386 g/mol. The Morgan fingerprint density at radius 2 is 1.43 bits per heavy atom. The van der Waals surface area contributed by atoms with Crippen LogP contribution in [-0.2, 0) is 18.5 Å². The number of rotatable bonds is 7. The molecule has 4 rings (SSSR count). The molecule has 2 nitrogen and oxygen atoms in total. The van der Waals surface area contributed by atoms with E-state index >= 15 is 0 Å². The third-order valence-electron chi connectivity index (χ3n) is 5.64. The van der Waals surface area contributed by atoms with E-state index in [1.807, 2.05) is 36.4 Å². The zero-order chi connectivity index (χ0) is 19.4. The molecule has 0 radical (unpaired) electrons. The van der Waals surface area contributed by atoms with Crippen molar-refractivity contribution in [1.29, 1.82) is 5.26 Å². The fourth-order valence-corrected chi connectivity index (χ4v) is 4.15. The molecule has 1 aliphatic rings. The van der Waals surface area contributed by atoms with Crippen molar-refractivity contribution in [2.75, 3.05) is 6.54 Å². The van der Waals surface area contributed by atoms with Gasteiger partial charge in [-0.1, -0.05) is 84.4 Å². The van der Waals surface area contributed by atoms with Crippen molar-refractivity contribution in [3.63, 3.8) is 0 Å². The summed E-state index contributed by atoms with van der Waals surface area (Å²) in [6.07, 6.45) is 0.930. The fourth-order valence-electron chi connectivity index (χ4n) is 4.03. The predicted molar refractivity (Wildman–Crippen MR) is 114 cm³/mol. The van der Waals surface area contributed by atoms with Gasteiger partial charge in [0.15, 0.2) is 0 Å². The second-order valence-corrected chi connectivity index (χ2v) is 8.07. The summed E-state index contributed by atoms with van der Waals surface area (Å²) in [5.74, 6) is 0.357. The summed E-state index contributed by atoms with van der Waals surface area (Å²) >= 11 is 6.05. The molecule has 140 valence electrons. The SMILES string of the molecule is N#CC1(c2ccccc2)CC1CN(Cc1ccccc1)Cc1ccc(Cl)cc1. The molecule has 0 aromatic heterocycles. The average molecular weight is 387 g/mol. The van der Waals surface area contributed by atoms with Gasteiger partial charge in [0.2, 0.25) is 0 Å². The number of benzene rings is 3. The molecule has 0 spiro atoms. The minimum Gasteiger partial charge on any atom is -0.294 e. The Bertz CT molecular complexity index is 947. The minimum absolute atomic E-state index is 0.337. The summed E-state index contributed by atoms with van der Waals surface area (Å²) in [6, 6.07) is 31.4. The van der Waals surface area contributed by atoms with E-state index in [0.29, 0.717) is 5.92 Å². The lowest BCUT2D eigenvalue weighted by Gasteiger charge is -2.24. The fraction of sp³-hybridized carbons (Fsp3) is 0.240. The van der Waals surface area contributed by atoms with E-state index in [-0.39, 0.29) is 5.41 Å². The van der Waals surface area contributed by atoms with Gasteiger partial charge in [-0.2, -0.15) is 5.26 Å². The Morgan fingerprint density at radius 1 is 0.857 bits per heavy atom. The smallest absolute Gasteiger partial charge is 0.0867 e. The van der Waals surface area contributed by atoms with Crippen LogP contribution in [0, 0.1) is 17.2 Å². The number of nitriles is 1. The molecule has 0 saturated heterocycles. The van der Waals surface area contributed by atoms with E-state index in [4.69, 9.17) is 11.6 Å². The Morgan fingerprint density at radius 3 is 2.04 bits per heavy atom. The molecule has 2 unspecified atom stereocenters. The van der Waals surface area contributed by atoms with Crippen LogP contribution in [0.3, 0.4) is 0 Å². The number of hydrogen-bond donors (Lipinski definition) is 0. The molecular weight excluding hydrogens is 364 g/mol. The largest absolute Gasteiger partial charge is 0.294 e. The maximum Gasteiger partial charge on any atom is 0.0867 e. The second kappa shape index (κ2) is 8.19. The second-order valence-electron chi connectivity index (χ2n) is 7.63. The van der Waals surface area contributed by atoms with Gasteiger partial charge >= 0.3 is 0 Å². The van der Waals surface area contributed by atoms with Crippen LogP contribution in [0.5, 0.6) is 0 Å². The predicted octanol–water partition coefficient (Wildman–Crippen LogP) is 5.82. The van der Waals surface area contributed by atoms with E-state index < -0.39 is 0 Å². The molecule has 3 heteroatoms. The summed E-state index contributed by atoms with van der Waals surface area (Å²) in [5, 5.41) is 10.7. The van der Waals surface area contributed by atoms with Crippen molar-refractivity contribution in [3.8, 4) is 6.07 Å². The first kappa shape index (κ1) is 18.7. The van der Waals surface area contributed by atoms with Crippen molar-refractivity contribution in [2.24, 2.45) is 5.92 Å². The van der Waals surface area contributed by atoms with Crippen LogP contribution in [0.25, 0.3) is 0 Å². The highest BCUT2D eigenvalue weighted by molar-refractivity contribution is 6.30. The lowest BCUT2D eigenvalue weighted by Crippen LogP contribution is -2.27. The van der Waals surface area contributed by atoms with Crippen molar-refractivity contribution in [2.45, 2.75) is 24.9 Å². The maximum absolute atomic E-state index is 9.92. The summed E-state index contributed by atoms with van der Waals surface area (Å²) in [5.41, 5.74) is 3.34. The normalized spacial score (nSPS) is 20.7.